The van der Waals surface area contributed by atoms with Gasteiger partial charge in [-0.05, 0) is 53.5 Å². The second-order valence-corrected chi connectivity index (χ2v) is 6.28. The topological polar surface area (TPSA) is 65.1 Å². The van der Waals surface area contributed by atoms with Crippen LogP contribution in [-0.4, -0.2) is 48.7 Å². The zero-order valence-corrected chi connectivity index (χ0v) is 14.2. The van der Waals surface area contributed by atoms with E-state index in [2.05, 4.69) is 44.9 Å². The molecule has 0 bridgehead atoms. The van der Waals surface area contributed by atoms with Crippen LogP contribution in [0.25, 0.3) is 0 Å². The molecule has 0 spiro atoms. The molecule has 3 N–H and O–H groups in total. The monoisotopic (exact) mass is 354 g/mol. The Morgan fingerprint density at radius 1 is 1.48 bits per heavy atom. The minimum atomic E-state index is 0.118. The van der Waals surface area contributed by atoms with Crippen LogP contribution in [0.5, 0.6) is 0 Å². The molecule has 116 valence electrons. The number of oxime groups is 1. The van der Waals surface area contributed by atoms with Gasteiger partial charge in [-0.3, -0.25) is 0 Å². The van der Waals surface area contributed by atoms with Crippen LogP contribution in [0.4, 0.5) is 5.69 Å². The molecule has 1 aromatic rings. The van der Waals surface area contributed by atoms with E-state index < -0.39 is 0 Å². The second kappa shape index (κ2) is 7.13. The number of hydrogen-bond acceptors (Lipinski definition) is 4. The lowest BCUT2D eigenvalue weighted by Gasteiger charge is -2.37. The van der Waals surface area contributed by atoms with E-state index in [0.29, 0.717) is 11.6 Å². The third kappa shape index (κ3) is 3.68. The van der Waals surface area contributed by atoms with Gasteiger partial charge in [0, 0.05) is 41.9 Å². The maximum absolute atomic E-state index is 8.77. The highest BCUT2D eigenvalue weighted by Crippen LogP contribution is 2.27. The predicted octanol–water partition coefficient (Wildman–Crippen LogP) is 2.46. The molecule has 1 aliphatic rings. The number of hydrogen-bond donors (Lipinski definition) is 2. The van der Waals surface area contributed by atoms with Crippen LogP contribution in [0.1, 0.15) is 25.3 Å². The minimum absolute atomic E-state index is 0.118. The first-order valence-electron chi connectivity index (χ1n) is 7.29. The third-order valence-electron chi connectivity index (χ3n) is 4.30. The quantitative estimate of drug-likeness (QED) is 0.377. The van der Waals surface area contributed by atoms with E-state index in [9.17, 15) is 0 Å². The van der Waals surface area contributed by atoms with Crippen LogP contribution < -0.4 is 10.6 Å². The standard InChI is InChI=1S/C15H23BrN4O/c1-3-20-8-6-11(7-9-20)19(2)12-4-5-13(14(16)10-12)15(17)18-21/h4-5,10-11,21H,3,6-9H2,1-2H3,(H2,17,18). The van der Waals surface area contributed by atoms with E-state index in [0.717, 1.165) is 29.8 Å². The van der Waals surface area contributed by atoms with Gasteiger partial charge < -0.3 is 20.7 Å². The van der Waals surface area contributed by atoms with E-state index in [-0.39, 0.29) is 5.84 Å². The van der Waals surface area contributed by atoms with E-state index in [1.54, 1.807) is 0 Å². The smallest absolute Gasteiger partial charge is 0.171 e. The summed E-state index contributed by atoms with van der Waals surface area (Å²) in [6.45, 7) is 5.67. The number of nitrogens with two attached hydrogens (primary N) is 1. The summed E-state index contributed by atoms with van der Waals surface area (Å²) < 4.78 is 0.841. The Labute approximate surface area is 134 Å². The summed E-state index contributed by atoms with van der Waals surface area (Å²) >= 11 is 3.49. The average Bonchev–Trinajstić information content (AvgIpc) is 2.53. The fraction of sp³-hybridized carbons (Fsp3) is 0.533. The van der Waals surface area contributed by atoms with Crippen LogP contribution in [0.2, 0.25) is 0 Å². The lowest BCUT2D eigenvalue weighted by Crippen LogP contribution is -2.43. The Kier molecular flexibility index (Phi) is 5.47. The number of piperidine rings is 1. The molecule has 1 aliphatic heterocycles. The Morgan fingerprint density at radius 3 is 2.67 bits per heavy atom. The summed E-state index contributed by atoms with van der Waals surface area (Å²) in [5.74, 6) is 0.118. The molecule has 0 amide bonds. The Morgan fingerprint density at radius 2 is 2.14 bits per heavy atom. The maximum Gasteiger partial charge on any atom is 0.171 e. The number of halogens is 1. The van der Waals surface area contributed by atoms with Crippen molar-refractivity contribution in [1.29, 1.82) is 0 Å². The van der Waals surface area contributed by atoms with E-state index in [4.69, 9.17) is 10.9 Å². The van der Waals surface area contributed by atoms with Gasteiger partial charge in [0.25, 0.3) is 0 Å². The van der Waals surface area contributed by atoms with Crippen LogP contribution in [0.3, 0.4) is 0 Å². The molecular formula is C15H23BrN4O. The van der Waals surface area contributed by atoms with Crippen molar-refractivity contribution >= 4 is 27.5 Å². The number of nitrogens with zero attached hydrogens (tertiary/aromatic N) is 3. The Bertz CT molecular complexity index is 512. The number of anilines is 1. The van der Waals surface area contributed by atoms with Gasteiger partial charge in [0.1, 0.15) is 0 Å². The van der Waals surface area contributed by atoms with E-state index >= 15 is 0 Å². The van der Waals surface area contributed by atoms with Gasteiger partial charge in [-0.25, -0.2) is 0 Å². The molecule has 1 saturated heterocycles. The summed E-state index contributed by atoms with van der Waals surface area (Å²) in [5.41, 5.74) is 7.49. The molecule has 0 aliphatic carbocycles. The molecule has 0 radical (unpaired) electrons. The molecule has 1 heterocycles. The van der Waals surface area contributed by atoms with Gasteiger partial charge in [-0.2, -0.15) is 0 Å². The zero-order valence-electron chi connectivity index (χ0n) is 12.6. The third-order valence-corrected chi connectivity index (χ3v) is 4.95. The Hall–Kier alpha value is -1.27. The summed E-state index contributed by atoms with van der Waals surface area (Å²) in [6.07, 6.45) is 2.37. The average molecular weight is 355 g/mol. The van der Waals surface area contributed by atoms with Crippen LogP contribution in [0, 0.1) is 0 Å². The van der Waals surface area contributed by atoms with Crippen LogP contribution >= 0.6 is 15.9 Å². The molecule has 0 atom stereocenters. The molecule has 1 aromatic carbocycles. The highest BCUT2D eigenvalue weighted by Gasteiger charge is 2.22. The van der Waals surface area contributed by atoms with Crippen molar-refractivity contribution in [2.75, 3.05) is 31.6 Å². The SMILES string of the molecule is CCN1CCC(N(C)c2ccc(/C(N)=N/O)c(Br)c2)CC1. The van der Waals surface area contributed by atoms with Crippen molar-refractivity contribution < 1.29 is 5.21 Å². The second-order valence-electron chi connectivity index (χ2n) is 5.43. The van der Waals surface area contributed by atoms with Crippen molar-refractivity contribution in [1.82, 2.24) is 4.90 Å². The number of amidine groups is 1. The summed E-state index contributed by atoms with van der Waals surface area (Å²) in [5, 5.41) is 11.8. The molecule has 0 unspecified atom stereocenters. The highest BCUT2D eigenvalue weighted by molar-refractivity contribution is 9.10. The normalized spacial score (nSPS) is 18.0. The fourth-order valence-electron chi connectivity index (χ4n) is 2.82. The number of likely N-dealkylation sites (tertiary alicyclic amines) is 1. The molecular weight excluding hydrogens is 332 g/mol. The zero-order chi connectivity index (χ0) is 15.4. The molecule has 6 heteroatoms. The summed E-state index contributed by atoms with van der Waals surface area (Å²) in [6, 6.07) is 6.49. The van der Waals surface area contributed by atoms with Crippen molar-refractivity contribution in [2.24, 2.45) is 10.9 Å². The van der Waals surface area contributed by atoms with Gasteiger partial charge in [-0.1, -0.05) is 12.1 Å². The highest BCUT2D eigenvalue weighted by atomic mass is 79.9. The summed E-state index contributed by atoms with van der Waals surface area (Å²) in [7, 11) is 2.14. The van der Waals surface area contributed by atoms with Gasteiger partial charge in [0.05, 0.1) is 0 Å². The maximum atomic E-state index is 8.77. The Balaban J connectivity index is 2.10. The fourth-order valence-corrected chi connectivity index (χ4v) is 3.39. The van der Waals surface area contributed by atoms with Gasteiger partial charge in [0.2, 0.25) is 0 Å². The van der Waals surface area contributed by atoms with Crippen molar-refractivity contribution in [3.8, 4) is 0 Å². The van der Waals surface area contributed by atoms with Crippen LogP contribution in [-0.2, 0) is 0 Å². The lowest BCUT2D eigenvalue weighted by molar-refractivity contribution is 0.221. The molecule has 2 rings (SSSR count). The first kappa shape index (κ1) is 16.1. The van der Waals surface area contributed by atoms with Gasteiger partial charge in [0.15, 0.2) is 5.84 Å². The van der Waals surface area contributed by atoms with Crippen LogP contribution in [0.15, 0.2) is 27.8 Å². The van der Waals surface area contributed by atoms with Gasteiger partial charge >= 0.3 is 0 Å². The predicted molar refractivity (Wildman–Crippen MR) is 90.2 cm³/mol. The largest absolute Gasteiger partial charge is 0.409 e. The van der Waals surface area contributed by atoms with E-state index in [1.807, 2.05) is 18.2 Å². The molecule has 21 heavy (non-hydrogen) atoms. The molecule has 0 aromatic heterocycles. The van der Waals surface area contributed by atoms with Gasteiger partial charge in [-0.15, -0.1) is 0 Å². The van der Waals surface area contributed by atoms with Crippen molar-refractivity contribution in [3.05, 3.63) is 28.2 Å². The molecule has 5 nitrogen and oxygen atoms in total. The first-order valence-corrected chi connectivity index (χ1v) is 8.08. The molecule has 1 fully saturated rings. The molecule has 0 saturated carbocycles. The lowest BCUT2D eigenvalue weighted by atomic mass is 10.0. The van der Waals surface area contributed by atoms with Crippen molar-refractivity contribution in [2.45, 2.75) is 25.8 Å². The number of rotatable bonds is 4. The minimum Gasteiger partial charge on any atom is -0.409 e. The summed E-state index contributed by atoms with van der Waals surface area (Å²) in [4.78, 5) is 4.82. The van der Waals surface area contributed by atoms with Crippen molar-refractivity contribution in [3.63, 3.8) is 0 Å². The number of benzene rings is 1. The first-order chi connectivity index (χ1) is 10.1. The van der Waals surface area contributed by atoms with E-state index in [1.165, 1.54) is 12.8 Å².